The maximum atomic E-state index is 5.96. The minimum absolute atomic E-state index is 0.00327. The Balaban J connectivity index is 1.84. The molecule has 1 fully saturated rings. The quantitative estimate of drug-likeness (QED) is 0.751. The highest BCUT2D eigenvalue weighted by Gasteiger charge is 2.21. The van der Waals surface area contributed by atoms with E-state index in [0.717, 1.165) is 37.1 Å². The van der Waals surface area contributed by atoms with Gasteiger partial charge in [0.1, 0.15) is 5.82 Å². The first kappa shape index (κ1) is 13.3. The molecule has 0 spiro atoms. The Kier molecular flexibility index (Phi) is 4.55. The molecule has 2 N–H and O–H groups in total. The van der Waals surface area contributed by atoms with E-state index in [2.05, 4.69) is 9.88 Å². The summed E-state index contributed by atoms with van der Waals surface area (Å²) in [7, 11) is 2.04. The zero-order valence-electron chi connectivity index (χ0n) is 11.3. The number of pyridine rings is 1. The van der Waals surface area contributed by atoms with Crippen LogP contribution in [0.3, 0.4) is 0 Å². The lowest BCUT2D eigenvalue weighted by atomic mass is 10.1. The van der Waals surface area contributed by atoms with E-state index < -0.39 is 0 Å². The molecule has 2 rings (SSSR count). The molecule has 18 heavy (non-hydrogen) atoms. The van der Waals surface area contributed by atoms with Crippen LogP contribution in [0.1, 0.15) is 31.4 Å². The van der Waals surface area contributed by atoms with Crippen LogP contribution in [-0.4, -0.2) is 31.8 Å². The van der Waals surface area contributed by atoms with Crippen molar-refractivity contribution in [2.45, 2.75) is 25.8 Å². The first-order valence-corrected chi connectivity index (χ1v) is 6.68. The zero-order chi connectivity index (χ0) is 13.0. The number of nitrogens with zero attached hydrogens (tertiary/aromatic N) is 2. The van der Waals surface area contributed by atoms with Crippen LogP contribution in [0.25, 0.3) is 0 Å². The van der Waals surface area contributed by atoms with Crippen molar-refractivity contribution < 1.29 is 4.74 Å². The highest BCUT2D eigenvalue weighted by atomic mass is 16.5. The predicted molar refractivity (Wildman–Crippen MR) is 73.7 cm³/mol. The summed E-state index contributed by atoms with van der Waals surface area (Å²) in [4.78, 5) is 6.53. The molecule has 0 aliphatic heterocycles. The molecule has 1 heterocycles. The van der Waals surface area contributed by atoms with E-state index in [1.54, 1.807) is 0 Å². The molecule has 1 aromatic heterocycles. The van der Waals surface area contributed by atoms with Crippen LogP contribution in [0.15, 0.2) is 18.3 Å². The first-order chi connectivity index (χ1) is 8.68. The largest absolute Gasteiger partial charge is 0.379 e. The number of ether oxygens (including phenoxy) is 1. The average molecular weight is 249 g/mol. The van der Waals surface area contributed by atoms with E-state index in [1.807, 2.05) is 32.3 Å². The Morgan fingerprint density at radius 3 is 3.00 bits per heavy atom. The number of hydrogen-bond acceptors (Lipinski definition) is 4. The third-order valence-corrected chi connectivity index (χ3v) is 3.29. The van der Waals surface area contributed by atoms with Gasteiger partial charge in [0.25, 0.3) is 0 Å². The van der Waals surface area contributed by atoms with Gasteiger partial charge in [0.15, 0.2) is 0 Å². The van der Waals surface area contributed by atoms with Gasteiger partial charge in [-0.2, -0.15) is 0 Å². The Morgan fingerprint density at radius 1 is 1.56 bits per heavy atom. The van der Waals surface area contributed by atoms with Crippen molar-refractivity contribution in [3.05, 3.63) is 23.9 Å². The lowest BCUT2D eigenvalue weighted by Gasteiger charge is -2.22. The number of nitrogens with two attached hydrogens (primary N) is 1. The lowest BCUT2D eigenvalue weighted by Crippen LogP contribution is -2.26. The molecule has 1 atom stereocenters. The molecule has 0 unspecified atom stereocenters. The Morgan fingerprint density at radius 2 is 2.33 bits per heavy atom. The molecule has 0 bridgehead atoms. The van der Waals surface area contributed by atoms with E-state index in [4.69, 9.17) is 10.5 Å². The van der Waals surface area contributed by atoms with Gasteiger partial charge < -0.3 is 15.4 Å². The number of rotatable bonds is 7. The second kappa shape index (κ2) is 6.16. The summed E-state index contributed by atoms with van der Waals surface area (Å²) in [6.07, 6.45) is 4.48. The highest BCUT2D eigenvalue weighted by Crippen LogP contribution is 2.28. The summed E-state index contributed by atoms with van der Waals surface area (Å²) in [5, 5.41) is 0. The van der Waals surface area contributed by atoms with Crippen LogP contribution in [0, 0.1) is 5.92 Å². The second-order valence-electron chi connectivity index (χ2n) is 5.14. The molecule has 4 heteroatoms. The predicted octanol–water partition coefficient (Wildman–Crippen LogP) is 1.96. The van der Waals surface area contributed by atoms with Gasteiger partial charge in [-0.05, 0) is 31.7 Å². The van der Waals surface area contributed by atoms with Crippen molar-refractivity contribution >= 4 is 5.82 Å². The fourth-order valence-electron chi connectivity index (χ4n) is 1.93. The molecule has 0 radical (unpaired) electrons. The number of hydrogen-bond donors (Lipinski definition) is 1. The summed E-state index contributed by atoms with van der Waals surface area (Å²) in [6, 6.07) is 3.97. The van der Waals surface area contributed by atoms with Gasteiger partial charge in [-0.3, -0.25) is 0 Å². The summed E-state index contributed by atoms with van der Waals surface area (Å²) in [5.74, 6) is 1.78. The third kappa shape index (κ3) is 3.68. The topological polar surface area (TPSA) is 51.4 Å². The number of anilines is 1. The second-order valence-corrected chi connectivity index (χ2v) is 5.14. The monoisotopic (exact) mass is 249 g/mol. The molecule has 1 aliphatic rings. The van der Waals surface area contributed by atoms with Gasteiger partial charge in [0.2, 0.25) is 0 Å². The maximum absolute atomic E-state index is 5.96. The first-order valence-electron chi connectivity index (χ1n) is 6.68. The smallest absolute Gasteiger partial charge is 0.133 e. The van der Waals surface area contributed by atoms with Crippen LogP contribution in [0.2, 0.25) is 0 Å². The normalized spacial score (nSPS) is 16.6. The molecule has 1 aliphatic carbocycles. The van der Waals surface area contributed by atoms with Gasteiger partial charge >= 0.3 is 0 Å². The van der Waals surface area contributed by atoms with Crippen molar-refractivity contribution in [1.29, 1.82) is 0 Å². The molecule has 0 saturated heterocycles. The van der Waals surface area contributed by atoms with Gasteiger partial charge in [0.05, 0.1) is 6.61 Å². The standard InChI is InChI=1S/C14H23N3O/c1-11(15)13-4-3-7-16-14(13)17(2)8-9-18-10-12-5-6-12/h3-4,7,11-12H,5-6,8-10,15H2,1-2H3/t11-/m0/s1. The van der Waals surface area contributed by atoms with Crippen LogP contribution in [0.4, 0.5) is 5.82 Å². The number of aromatic nitrogens is 1. The Hall–Kier alpha value is -1.13. The van der Waals surface area contributed by atoms with Crippen molar-refractivity contribution in [2.24, 2.45) is 11.7 Å². The lowest BCUT2D eigenvalue weighted by molar-refractivity contribution is 0.130. The minimum Gasteiger partial charge on any atom is -0.379 e. The molecular weight excluding hydrogens is 226 g/mol. The van der Waals surface area contributed by atoms with E-state index in [1.165, 1.54) is 12.8 Å². The zero-order valence-corrected chi connectivity index (χ0v) is 11.3. The Bertz CT molecular complexity index is 377. The van der Waals surface area contributed by atoms with E-state index in [0.29, 0.717) is 0 Å². The average Bonchev–Trinajstić information content (AvgIpc) is 3.18. The third-order valence-electron chi connectivity index (χ3n) is 3.29. The SMILES string of the molecule is C[C@H](N)c1cccnc1N(C)CCOCC1CC1. The molecule has 4 nitrogen and oxygen atoms in total. The summed E-state index contributed by atoms with van der Waals surface area (Å²) in [6.45, 7) is 4.50. The van der Waals surface area contributed by atoms with Crippen LogP contribution in [0.5, 0.6) is 0 Å². The van der Waals surface area contributed by atoms with Crippen molar-refractivity contribution in [3.63, 3.8) is 0 Å². The molecule has 0 amide bonds. The fourth-order valence-corrected chi connectivity index (χ4v) is 1.93. The van der Waals surface area contributed by atoms with Crippen molar-refractivity contribution in [1.82, 2.24) is 4.98 Å². The van der Waals surface area contributed by atoms with E-state index in [-0.39, 0.29) is 6.04 Å². The molecule has 1 saturated carbocycles. The Labute approximate surface area is 109 Å². The summed E-state index contributed by atoms with van der Waals surface area (Å²) >= 11 is 0. The van der Waals surface area contributed by atoms with Crippen LogP contribution >= 0.6 is 0 Å². The van der Waals surface area contributed by atoms with Crippen LogP contribution in [-0.2, 0) is 4.74 Å². The minimum atomic E-state index is 0.00327. The molecule has 1 aromatic rings. The van der Waals surface area contributed by atoms with Gasteiger partial charge in [-0.25, -0.2) is 4.98 Å². The summed E-state index contributed by atoms with van der Waals surface area (Å²) < 4.78 is 5.65. The molecular formula is C14H23N3O. The van der Waals surface area contributed by atoms with Gasteiger partial charge in [0, 0.05) is 38.0 Å². The molecule has 0 aromatic carbocycles. The maximum Gasteiger partial charge on any atom is 0.133 e. The molecule has 100 valence electrons. The van der Waals surface area contributed by atoms with Crippen LogP contribution < -0.4 is 10.6 Å². The van der Waals surface area contributed by atoms with Crippen molar-refractivity contribution in [2.75, 3.05) is 31.7 Å². The fraction of sp³-hybridized carbons (Fsp3) is 0.643. The van der Waals surface area contributed by atoms with Gasteiger partial charge in [-0.1, -0.05) is 6.07 Å². The van der Waals surface area contributed by atoms with E-state index >= 15 is 0 Å². The van der Waals surface area contributed by atoms with Gasteiger partial charge in [-0.15, -0.1) is 0 Å². The van der Waals surface area contributed by atoms with Crippen molar-refractivity contribution in [3.8, 4) is 0 Å². The summed E-state index contributed by atoms with van der Waals surface area (Å²) in [5.41, 5.74) is 7.04. The highest BCUT2D eigenvalue weighted by molar-refractivity contribution is 5.47. The van der Waals surface area contributed by atoms with E-state index in [9.17, 15) is 0 Å². The number of likely N-dealkylation sites (N-methyl/N-ethyl adjacent to an activating group) is 1.